The predicted molar refractivity (Wildman–Crippen MR) is 74.3 cm³/mol. The van der Waals surface area contributed by atoms with E-state index in [0.717, 1.165) is 5.56 Å². The van der Waals surface area contributed by atoms with Crippen LogP contribution >= 0.6 is 0 Å². The van der Waals surface area contributed by atoms with Gasteiger partial charge in [-0.3, -0.25) is 15.2 Å². The number of H-pyrrole nitrogens is 1. The summed E-state index contributed by atoms with van der Waals surface area (Å²) in [6.07, 6.45) is 4.95. The molecule has 0 bridgehead atoms. The van der Waals surface area contributed by atoms with Crippen molar-refractivity contribution < 1.29 is 14.7 Å². The molecule has 7 heteroatoms. The van der Waals surface area contributed by atoms with E-state index in [4.69, 9.17) is 5.11 Å². The van der Waals surface area contributed by atoms with Gasteiger partial charge in [0.1, 0.15) is 0 Å². The van der Waals surface area contributed by atoms with Crippen LogP contribution in [0.3, 0.4) is 0 Å². The molecule has 0 saturated carbocycles. The van der Waals surface area contributed by atoms with Crippen molar-refractivity contribution in [1.29, 1.82) is 0 Å². The maximum atomic E-state index is 11.7. The first-order valence-electron chi connectivity index (χ1n) is 5.72. The molecule has 1 heterocycles. The largest absolute Gasteiger partial charge is 0.465 e. The van der Waals surface area contributed by atoms with E-state index in [0.29, 0.717) is 11.4 Å². The molecule has 0 aliphatic rings. The topological polar surface area (TPSA) is 107 Å². The zero-order chi connectivity index (χ0) is 14.4. The normalized spacial score (nSPS) is 10.4. The van der Waals surface area contributed by atoms with Gasteiger partial charge < -0.3 is 10.4 Å². The standard InChI is InChI=1S/C13H12N4O3/c18-12(6-5-9-7-14-15-8-9)16-10-3-1-2-4-11(10)17-13(19)20/h1-8,17H,(H,14,15)(H,16,18)(H,19,20)/b6-5+. The summed E-state index contributed by atoms with van der Waals surface area (Å²) in [5, 5.41) is 19.9. The molecule has 0 atom stereocenters. The molecule has 0 aliphatic carbocycles. The molecule has 0 radical (unpaired) electrons. The van der Waals surface area contributed by atoms with Crippen LogP contribution in [0, 0.1) is 0 Å². The van der Waals surface area contributed by atoms with Crippen LogP contribution in [0.2, 0.25) is 0 Å². The Morgan fingerprint density at radius 1 is 1.20 bits per heavy atom. The quantitative estimate of drug-likeness (QED) is 0.639. The fourth-order valence-corrected chi connectivity index (χ4v) is 1.51. The number of carbonyl (C=O) groups is 2. The lowest BCUT2D eigenvalue weighted by Crippen LogP contribution is -2.13. The Kier molecular flexibility index (Phi) is 4.13. The number of benzene rings is 1. The Bertz CT molecular complexity index is 635. The molecular weight excluding hydrogens is 260 g/mol. The number of aromatic nitrogens is 2. The minimum Gasteiger partial charge on any atom is -0.465 e. The van der Waals surface area contributed by atoms with Crippen molar-refractivity contribution in [3.63, 3.8) is 0 Å². The van der Waals surface area contributed by atoms with Gasteiger partial charge in [0, 0.05) is 17.8 Å². The van der Waals surface area contributed by atoms with Crippen molar-refractivity contribution in [2.24, 2.45) is 0 Å². The van der Waals surface area contributed by atoms with E-state index in [1.807, 2.05) is 0 Å². The van der Waals surface area contributed by atoms with Crippen molar-refractivity contribution in [3.8, 4) is 0 Å². The molecule has 1 aromatic heterocycles. The molecule has 0 saturated heterocycles. The van der Waals surface area contributed by atoms with Gasteiger partial charge in [0.15, 0.2) is 0 Å². The van der Waals surface area contributed by atoms with Gasteiger partial charge >= 0.3 is 6.09 Å². The molecule has 0 fully saturated rings. The molecule has 2 amide bonds. The molecule has 0 aliphatic heterocycles. The average molecular weight is 272 g/mol. The van der Waals surface area contributed by atoms with Crippen LogP contribution in [0.4, 0.5) is 16.2 Å². The Balaban J connectivity index is 2.06. The molecule has 4 N–H and O–H groups in total. The molecule has 1 aromatic carbocycles. The third kappa shape index (κ3) is 3.70. The van der Waals surface area contributed by atoms with Gasteiger partial charge in [-0.2, -0.15) is 5.10 Å². The number of para-hydroxylation sites is 2. The summed E-state index contributed by atoms with van der Waals surface area (Å²) in [4.78, 5) is 22.4. The van der Waals surface area contributed by atoms with E-state index in [2.05, 4.69) is 20.8 Å². The SMILES string of the molecule is O=C(O)Nc1ccccc1NC(=O)/C=C/c1cn[nH]c1. The van der Waals surface area contributed by atoms with Crippen molar-refractivity contribution in [1.82, 2.24) is 10.2 Å². The number of hydrogen-bond acceptors (Lipinski definition) is 3. The van der Waals surface area contributed by atoms with Gasteiger partial charge in [0.25, 0.3) is 0 Å². The van der Waals surface area contributed by atoms with Gasteiger partial charge in [0.2, 0.25) is 5.91 Å². The van der Waals surface area contributed by atoms with Crippen molar-refractivity contribution in [3.05, 3.63) is 48.3 Å². The number of carbonyl (C=O) groups excluding carboxylic acids is 1. The summed E-state index contributed by atoms with van der Waals surface area (Å²) in [7, 11) is 0. The zero-order valence-electron chi connectivity index (χ0n) is 10.3. The molecule has 0 unspecified atom stereocenters. The highest BCUT2D eigenvalue weighted by molar-refractivity contribution is 6.04. The third-order valence-electron chi connectivity index (χ3n) is 2.37. The second-order valence-corrected chi connectivity index (χ2v) is 3.83. The average Bonchev–Trinajstić information content (AvgIpc) is 2.91. The summed E-state index contributed by atoms with van der Waals surface area (Å²) >= 11 is 0. The van der Waals surface area contributed by atoms with Crippen molar-refractivity contribution in [2.75, 3.05) is 10.6 Å². The zero-order valence-corrected chi connectivity index (χ0v) is 10.3. The van der Waals surface area contributed by atoms with E-state index in [-0.39, 0.29) is 5.91 Å². The van der Waals surface area contributed by atoms with E-state index >= 15 is 0 Å². The second-order valence-electron chi connectivity index (χ2n) is 3.83. The van der Waals surface area contributed by atoms with E-state index in [1.54, 1.807) is 42.7 Å². The Hall–Kier alpha value is -3.09. The number of carboxylic acid groups (broad SMARTS) is 1. The van der Waals surface area contributed by atoms with E-state index in [9.17, 15) is 9.59 Å². The molecule has 0 spiro atoms. The minimum atomic E-state index is -1.19. The van der Waals surface area contributed by atoms with Gasteiger partial charge in [-0.05, 0) is 18.2 Å². The first kappa shape index (κ1) is 13.3. The summed E-state index contributed by atoms with van der Waals surface area (Å²) in [6.45, 7) is 0. The third-order valence-corrected chi connectivity index (χ3v) is 2.37. The maximum absolute atomic E-state index is 11.7. The number of hydrogen-bond donors (Lipinski definition) is 4. The lowest BCUT2D eigenvalue weighted by atomic mass is 10.2. The van der Waals surface area contributed by atoms with E-state index in [1.165, 1.54) is 6.08 Å². The van der Waals surface area contributed by atoms with Gasteiger partial charge in [-0.15, -0.1) is 0 Å². The summed E-state index contributed by atoms with van der Waals surface area (Å²) in [5.41, 5.74) is 1.46. The number of rotatable bonds is 4. The maximum Gasteiger partial charge on any atom is 0.409 e. The number of nitrogens with zero attached hydrogens (tertiary/aromatic N) is 1. The second kappa shape index (κ2) is 6.19. The molecule has 102 valence electrons. The number of aromatic amines is 1. The van der Waals surface area contributed by atoms with Crippen molar-refractivity contribution in [2.45, 2.75) is 0 Å². The summed E-state index contributed by atoms with van der Waals surface area (Å²) in [6, 6.07) is 6.53. The van der Waals surface area contributed by atoms with Crippen LogP contribution in [-0.2, 0) is 4.79 Å². The molecule has 20 heavy (non-hydrogen) atoms. The lowest BCUT2D eigenvalue weighted by molar-refractivity contribution is -0.111. The highest BCUT2D eigenvalue weighted by Gasteiger charge is 2.06. The van der Waals surface area contributed by atoms with E-state index < -0.39 is 6.09 Å². The number of amides is 2. The first-order chi connectivity index (χ1) is 9.65. The number of nitrogens with one attached hydrogen (secondary N) is 3. The minimum absolute atomic E-state index is 0.310. The van der Waals surface area contributed by atoms with Gasteiger partial charge in [0.05, 0.1) is 17.6 Å². The van der Waals surface area contributed by atoms with Crippen LogP contribution < -0.4 is 10.6 Å². The van der Waals surface area contributed by atoms with Crippen LogP contribution in [0.25, 0.3) is 6.08 Å². The smallest absolute Gasteiger partial charge is 0.409 e. The lowest BCUT2D eigenvalue weighted by Gasteiger charge is -2.08. The highest BCUT2D eigenvalue weighted by Crippen LogP contribution is 2.20. The fourth-order valence-electron chi connectivity index (χ4n) is 1.51. The fraction of sp³-hybridized carbons (Fsp3) is 0. The Labute approximate surface area is 114 Å². The molecule has 2 aromatic rings. The van der Waals surface area contributed by atoms with Crippen LogP contribution in [0.1, 0.15) is 5.56 Å². The monoisotopic (exact) mass is 272 g/mol. The van der Waals surface area contributed by atoms with Gasteiger partial charge in [-0.1, -0.05) is 12.1 Å². The van der Waals surface area contributed by atoms with Crippen LogP contribution in [-0.4, -0.2) is 27.3 Å². The molecular formula is C13H12N4O3. The van der Waals surface area contributed by atoms with Gasteiger partial charge in [-0.25, -0.2) is 4.79 Å². The molecule has 2 rings (SSSR count). The molecule has 7 nitrogen and oxygen atoms in total. The number of anilines is 2. The van der Waals surface area contributed by atoms with Crippen molar-refractivity contribution >= 4 is 29.5 Å². The van der Waals surface area contributed by atoms with Crippen LogP contribution in [0.15, 0.2) is 42.7 Å². The van der Waals surface area contributed by atoms with Crippen LogP contribution in [0.5, 0.6) is 0 Å². The summed E-state index contributed by atoms with van der Waals surface area (Å²) in [5.74, 6) is -0.370. The Morgan fingerprint density at radius 2 is 1.90 bits per heavy atom. The Morgan fingerprint density at radius 3 is 2.50 bits per heavy atom. The first-order valence-corrected chi connectivity index (χ1v) is 5.72. The summed E-state index contributed by atoms with van der Waals surface area (Å²) < 4.78 is 0. The predicted octanol–water partition coefficient (Wildman–Crippen LogP) is 2.15. The highest BCUT2D eigenvalue weighted by atomic mass is 16.4.